The van der Waals surface area contributed by atoms with E-state index in [1.807, 2.05) is 6.92 Å². The van der Waals surface area contributed by atoms with Gasteiger partial charge in [0, 0.05) is 18.1 Å². The third-order valence-corrected chi connectivity index (χ3v) is 3.38. The molecule has 1 amide bonds. The molecule has 6 heteroatoms. The maximum absolute atomic E-state index is 12.2. The number of nitrogens with zero attached hydrogens (tertiary/aromatic N) is 1. The van der Waals surface area contributed by atoms with Crippen molar-refractivity contribution >= 4 is 23.5 Å². The standard InChI is InChI=1S/C16H22ClNO4/c1-3-4-10-18(11-9-16(20)21-2)15(19)12-22-14-7-5-13(17)6-8-14/h5-8H,3-4,9-12H2,1-2H3. The fourth-order valence-electron chi connectivity index (χ4n) is 1.81. The van der Waals surface area contributed by atoms with E-state index in [0.29, 0.717) is 23.9 Å². The van der Waals surface area contributed by atoms with Crippen LogP contribution < -0.4 is 4.74 Å². The Morgan fingerprint density at radius 3 is 2.45 bits per heavy atom. The first-order valence-electron chi connectivity index (χ1n) is 7.29. The van der Waals surface area contributed by atoms with E-state index in [1.165, 1.54) is 7.11 Å². The van der Waals surface area contributed by atoms with Crippen LogP contribution in [0.3, 0.4) is 0 Å². The molecule has 5 nitrogen and oxygen atoms in total. The first-order valence-corrected chi connectivity index (χ1v) is 7.67. The van der Waals surface area contributed by atoms with Gasteiger partial charge in [0.1, 0.15) is 5.75 Å². The van der Waals surface area contributed by atoms with Crippen LogP contribution in [0, 0.1) is 0 Å². The maximum Gasteiger partial charge on any atom is 0.307 e. The van der Waals surface area contributed by atoms with Crippen LogP contribution >= 0.6 is 11.6 Å². The molecule has 0 spiro atoms. The predicted molar refractivity (Wildman–Crippen MR) is 85.1 cm³/mol. The molecule has 0 radical (unpaired) electrons. The van der Waals surface area contributed by atoms with Gasteiger partial charge in [-0.1, -0.05) is 24.9 Å². The fraction of sp³-hybridized carbons (Fsp3) is 0.500. The summed E-state index contributed by atoms with van der Waals surface area (Å²) in [5.74, 6) is 0.112. The van der Waals surface area contributed by atoms with Crippen molar-refractivity contribution in [1.29, 1.82) is 0 Å². The minimum absolute atomic E-state index is 0.0630. The zero-order valence-electron chi connectivity index (χ0n) is 13.0. The number of carbonyl (C=O) groups is 2. The monoisotopic (exact) mass is 327 g/mol. The number of methoxy groups -OCH3 is 1. The van der Waals surface area contributed by atoms with Gasteiger partial charge in [0.05, 0.1) is 13.5 Å². The average Bonchev–Trinajstić information content (AvgIpc) is 2.53. The van der Waals surface area contributed by atoms with Gasteiger partial charge >= 0.3 is 5.97 Å². The number of hydrogen-bond donors (Lipinski definition) is 0. The number of unbranched alkanes of at least 4 members (excludes halogenated alkanes) is 1. The predicted octanol–water partition coefficient (Wildman–Crippen LogP) is 2.91. The van der Waals surface area contributed by atoms with E-state index in [2.05, 4.69) is 4.74 Å². The molecule has 22 heavy (non-hydrogen) atoms. The number of amides is 1. The highest BCUT2D eigenvalue weighted by Gasteiger charge is 2.15. The van der Waals surface area contributed by atoms with Crippen molar-refractivity contribution in [2.45, 2.75) is 26.2 Å². The SMILES string of the molecule is CCCCN(CCC(=O)OC)C(=O)COc1ccc(Cl)cc1. The van der Waals surface area contributed by atoms with Crippen molar-refractivity contribution in [2.24, 2.45) is 0 Å². The summed E-state index contributed by atoms with van der Waals surface area (Å²) in [5.41, 5.74) is 0. The van der Waals surface area contributed by atoms with E-state index in [-0.39, 0.29) is 24.9 Å². The fourth-order valence-corrected chi connectivity index (χ4v) is 1.93. The minimum atomic E-state index is -0.326. The molecule has 1 rings (SSSR count). The molecule has 0 saturated heterocycles. The molecule has 0 aliphatic carbocycles. The van der Waals surface area contributed by atoms with Crippen molar-refractivity contribution < 1.29 is 19.1 Å². The van der Waals surface area contributed by atoms with E-state index >= 15 is 0 Å². The first kappa shape index (κ1) is 18.3. The highest BCUT2D eigenvalue weighted by molar-refractivity contribution is 6.30. The van der Waals surface area contributed by atoms with E-state index in [0.717, 1.165) is 12.8 Å². The molecule has 0 aliphatic rings. The van der Waals surface area contributed by atoms with Crippen LogP contribution in [-0.4, -0.2) is 43.6 Å². The van der Waals surface area contributed by atoms with Crippen LogP contribution in [0.25, 0.3) is 0 Å². The lowest BCUT2D eigenvalue weighted by atomic mass is 10.3. The number of ether oxygens (including phenoxy) is 2. The van der Waals surface area contributed by atoms with Gasteiger partial charge in [0.25, 0.3) is 5.91 Å². The number of carbonyl (C=O) groups excluding carboxylic acids is 2. The van der Waals surface area contributed by atoms with Crippen molar-refractivity contribution in [3.05, 3.63) is 29.3 Å². The van der Waals surface area contributed by atoms with Gasteiger partial charge < -0.3 is 14.4 Å². The first-order chi connectivity index (χ1) is 10.6. The lowest BCUT2D eigenvalue weighted by Crippen LogP contribution is -2.37. The third kappa shape index (κ3) is 6.80. The Balaban J connectivity index is 2.50. The number of esters is 1. The summed E-state index contributed by atoms with van der Waals surface area (Å²) in [7, 11) is 1.34. The van der Waals surface area contributed by atoms with Crippen LogP contribution in [0.2, 0.25) is 5.02 Å². The summed E-state index contributed by atoms with van der Waals surface area (Å²) in [6.07, 6.45) is 2.04. The van der Waals surface area contributed by atoms with Gasteiger partial charge in [-0.2, -0.15) is 0 Å². The van der Waals surface area contributed by atoms with E-state index in [9.17, 15) is 9.59 Å². The lowest BCUT2D eigenvalue weighted by Gasteiger charge is -2.22. The number of halogens is 1. The Labute approximate surface area is 136 Å². The minimum Gasteiger partial charge on any atom is -0.484 e. The summed E-state index contributed by atoms with van der Waals surface area (Å²) < 4.78 is 10.1. The van der Waals surface area contributed by atoms with Gasteiger partial charge in [0.2, 0.25) is 0 Å². The molecule has 0 fully saturated rings. The summed E-state index contributed by atoms with van der Waals surface area (Å²) >= 11 is 5.79. The molecule has 1 aromatic rings. The third-order valence-electron chi connectivity index (χ3n) is 3.12. The Morgan fingerprint density at radius 2 is 1.86 bits per heavy atom. The topological polar surface area (TPSA) is 55.8 Å². The van der Waals surface area contributed by atoms with E-state index < -0.39 is 0 Å². The van der Waals surface area contributed by atoms with E-state index in [4.69, 9.17) is 16.3 Å². The Hall–Kier alpha value is -1.75. The molecule has 0 heterocycles. The zero-order chi connectivity index (χ0) is 16.4. The van der Waals surface area contributed by atoms with Gasteiger partial charge in [-0.25, -0.2) is 0 Å². The van der Waals surface area contributed by atoms with Crippen molar-refractivity contribution in [3.63, 3.8) is 0 Å². The molecule has 0 atom stereocenters. The van der Waals surface area contributed by atoms with Gasteiger partial charge in [-0.15, -0.1) is 0 Å². The van der Waals surface area contributed by atoms with Crippen molar-refractivity contribution in [2.75, 3.05) is 26.8 Å². The van der Waals surface area contributed by atoms with Crippen LogP contribution in [0.5, 0.6) is 5.75 Å². The molecule has 0 bridgehead atoms. The average molecular weight is 328 g/mol. The summed E-state index contributed by atoms with van der Waals surface area (Å²) in [6, 6.07) is 6.82. The summed E-state index contributed by atoms with van der Waals surface area (Å²) in [6.45, 7) is 2.94. The van der Waals surface area contributed by atoms with Gasteiger partial charge in [0.15, 0.2) is 6.61 Å². The second-order valence-electron chi connectivity index (χ2n) is 4.80. The summed E-state index contributed by atoms with van der Waals surface area (Å²) in [5, 5.41) is 0.612. The molecular weight excluding hydrogens is 306 g/mol. The molecule has 0 aliphatic heterocycles. The van der Waals surface area contributed by atoms with E-state index in [1.54, 1.807) is 29.2 Å². The number of benzene rings is 1. The van der Waals surface area contributed by atoms with Gasteiger partial charge in [-0.3, -0.25) is 9.59 Å². The second kappa shape index (κ2) is 10.1. The molecule has 0 aromatic heterocycles. The highest BCUT2D eigenvalue weighted by Crippen LogP contribution is 2.15. The normalized spacial score (nSPS) is 10.1. The zero-order valence-corrected chi connectivity index (χ0v) is 13.8. The summed E-state index contributed by atoms with van der Waals surface area (Å²) in [4.78, 5) is 25.1. The number of hydrogen-bond acceptors (Lipinski definition) is 4. The van der Waals surface area contributed by atoms with Crippen LogP contribution in [0.1, 0.15) is 26.2 Å². The Morgan fingerprint density at radius 1 is 1.18 bits per heavy atom. The van der Waals surface area contributed by atoms with Crippen molar-refractivity contribution in [3.8, 4) is 5.75 Å². The number of rotatable bonds is 9. The van der Waals surface area contributed by atoms with Crippen LogP contribution in [0.4, 0.5) is 0 Å². The largest absolute Gasteiger partial charge is 0.484 e. The molecule has 0 saturated carbocycles. The Kier molecular flexibility index (Phi) is 8.36. The van der Waals surface area contributed by atoms with Gasteiger partial charge in [-0.05, 0) is 30.7 Å². The molecule has 122 valence electrons. The molecule has 1 aromatic carbocycles. The van der Waals surface area contributed by atoms with Crippen LogP contribution in [0.15, 0.2) is 24.3 Å². The second-order valence-corrected chi connectivity index (χ2v) is 5.24. The molecule has 0 unspecified atom stereocenters. The Bertz CT molecular complexity index is 476. The highest BCUT2D eigenvalue weighted by atomic mass is 35.5. The smallest absolute Gasteiger partial charge is 0.307 e. The maximum atomic E-state index is 12.2. The van der Waals surface area contributed by atoms with Crippen LogP contribution in [-0.2, 0) is 14.3 Å². The lowest BCUT2D eigenvalue weighted by molar-refractivity contribution is -0.142. The van der Waals surface area contributed by atoms with Crippen molar-refractivity contribution in [1.82, 2.24) is 4.90 Å². The molecular formula is C16H22ClNO4. The molecule has 0 N–H and O–H groups in total. The quantitative estimate of drug-likeness (QED) is 0.654.